The predicted molar refractivity (Wildman–Crippen MR) is 71.2 cm³/mol. The fourth-order valence-electron chi connectivity index (χ4n) is 2.14. The Kier molecular flexibility index (Phi) is 4.80. The Morgan fingerprint density at radius 2 is 2.00 bits per heavy atom. The maximum Gasteiger partial charge on any atom is 0.318 e. The monoisotopic (exact) mass is 241 g/mol. The van der Waals surface area contributed by atoms with Crippen molar-refractivity contribution in [3.63, 3.8) is 0 Å². The van der Waals surface area contributed by atoms with Gasteiger partial charge in [-0.2, -0.15) is 0 Å². The van der Waals surface area contributed by atoms with Crippen LogP contribution >= 0.6 is 0 Å². The van der Waals surface area contributed by atoms with Gasteiger partial charge in [-0.25, -0.2) is 4.79 Å². The van der Waals surface area contributed by atoms with E-state index in [9.17, 15) is 4.79 Å². The first-order valence-corrected chi connectivity index (χ1v) is 6.69. The highest BCUT2D eigenvalue weighted by Crippen LogP contribution is 2.13. The highest BCUT2D eigenvalue weighted by molar-refractivity contribution is 5.75. The zero-order valence-corrected chi connectivity index (χ0v) is 11.8. The van der Waals surface area contributed by atoms with Crippen LogP contribution in [0.2, 0.25) is 0 Å². The van der Waals surface area contributed by atoms with E-state index in [-0.39, 0.29) is 11.6 Å². The van der Waals surface area contributed by atoms with Gasteiger partial charge >= 0.3 is 6.03 Å². The van der Waals surface area contributed by atoms with Gasteiger partial charge in [-0.1, -0.05) is 13.8 Å². The number of hydrogen-bond donors (Lipinski definition) is 2. The third kappa shape index (κ3) is 4.19. The molecule has 0 aromatic rings. The molecule has 17 heavy (non-hydrogen) atoms. The first kappa shape index (κ1) is 14.3. The highest BCUT2D eigenvalue weighted by Gasteiger charge is 2.30. The van der Waals surface area contributed by atoms with Crippen molar-refractivity contribution < 1.29 is 4.79 Å². The Bertz CT molecular complexity index is 260. The molecule has 0 aromatic carbocycles. The number of amides is 2. The van der Waals surface area contributed by atoms with Gasteiger partial charge in [0.25, 0.3) is 0 Å². The summed E-state index contributed by atoms with van der Waals surface area (Å²) in [7, 11) is 0. The first-order chi connectivity index (χ1) is 7.87. The smallest absolute Gasteiger partial charge is 0.318 e. The maximum absolute atomic E-state index is 12.2. The second-order valence-electron chi connectivity index (χ2n) is 5.91. The summed E-state index contributed by atoms with van der Waals surface area (Å²) in [5.74, 6) is 0. The quantitative estimate of drug-likeness (QED) is 0.776. The van der Waals surface area contributed by atoms with Crippen molar-refractivity contribution in [1.29, 1.82) is 0 Å². The lowest BCUT2D eigenvalue weighted by Gasteiger charge is -2.41. The van der Waals surface area contributed by atoms with Crippen LogP contribution in [0.25, 0.3) is 0 Å². The van der Waals surface area contributed by atoms with E-state index in [0.717, 1.165) is 25.9 Å². The number of carbonyl (C=O) groups is 1. The average molecular weight is 241 g/mol. The summed E-state index contributed by atoms with van der Waals surface area (Å²) in [6, 6.07) is 0.827. The molecule has 0 radical (unpaired) electrons. The Balaban J connectivity index is 2.66. The van der Waals surface area contributed by atoms with Gasteiger partial charge in [-0.15, -0.1) is 0 Å². The van der Waals surface area contributed by atoms with Gasteiger partial charge in [-0.3, -0.25) is 0 Å². The van der Waals surface area contributed by atoms with Crippen LogP contribution in [-0.4, -0.2) is 41.6 Å². The number of nitrogens with one attached hydrogen (secondary N) is 2. The van der Waals surface area contributed by atoms with Crippen molar-refractivity contribution in [2.24, 2.45) is 0 Å². The summed E-state index contributed by atoms with van der Waals surface area (Å²) < 4.78 is 0. The van der Waals surface area contributed by atoms with Crippen molar-refractivity contribution in [3.8, 4) is 0 Å². The predicted octanol–water partition coefficient (Wildman–Crippen LogP) is 1.96. The summed E-state index contributed by atoms with van der Waals surface area (Å²) >= 11 is 0. The topological polar surface area (TPSA) is 44.4 Å². The van der Waals surface area contributed by atoms with Crippen LogP contribution in [0.15, 0.2) is 0 Å². The van der Waals surface area contributed by atoms with Gasteiger partial charge in [0.1, 0.15) is 0 Å². The molecule has 0 saturated carbocycles. The standard InChI is InChI=1S/C13H27N3O/c1-6-10-9-16(11(7-2)8-14-10)12(17)15-13(3,4)5/h10-11,14H,6-9H2,1-5H3,(H,15,17). The number of carbonyl (C=O) groups excluding carboxylic acids is 1. The lowest BCUT2D eigenvalue weighted by Crippen LogP contribution is -2.61. The largest absolute Gasteiger partial charge is 0.333 e. The zero-order chi connectivity index (χ0) is 13.1. The molecule has 1 fully saturated rings. The molecule has 2 amide bonds. The molecule has 4 nitrogen and oxygen atoms in total. The average Bonchev–Trinajstić information content (AvgIpc) is 2.25. The molecular weight excluding hydrogens is 214 g/mol. The van der Waals surface area contributed by atoms with Crippen molar-refractivity contribution >= 4 is 6.03 Å². The molecule has 100 valence electrons. The van der Waals surface area contributed by atoms with Gasteiger partial charge in [-0.05, 0) is 33.6 Å². The van der Waals surface area contributed by atoms with E-state index in [4.69, 9.17) is 0 Å². The molecule has 1 aliphatic heterocycles. The van der Waals surface area contributed by atoms with Crippen LogP contribution in [0, 0.1) is 0 Å². The van der Waals surface area contributed by atoms with E-state index >= 15 is 0 Å². The van der Waals surface area contributed by atoms with Crippen LogP contribution in [0.4, 0.5) is 4.79 Å². The zero-order valence-electron chi connectivity index (χ0n) is 11.8. The summed E-state index contributed by atoms with van der Waals surface area (Å²) in [4.78, 5) is 14.2. The van der Waals surface area contributed by atoms with Crippen LogP contribution in [-0.2, 0) is 0 Å². The van der Waals surface area contributed by atoms with E-state index in [2.05, 4.69) is 24.5 Å². The normalized spacial score (nSPS) is 25.8. The molecule has 1 saturated heterocycles. The third-order valence-corrected chi connectivity index (χ3v) is 3.21. The number of rotatable bonds is 2. The van der Waals surface area contributed by atoms with E-state index < -0.39 is 0 Å². The molecule has 0 bridgehead atoms. The van der Waals surface area contributed by atoms with Crippen molar-refractivity contribution in [3.05, 3.63) is 0 Å². The van der Waals surface area contributed by atoms with Crippen LogP contribution < -0.4 is 10.6 Å². The molecule has 2 N–H and O–H groups in total. The third-order valence-electron chi connectivity index (χ3n) is 3.21. The molecule has 1 rings (SSSR count). The lowest BCUT2D eigenvalue weighted by atomic mass is 10.1. The van der Waals surface area contributed by atoms with Crippen LogP contribution in [0.3, 0.4) is 0 Å². The fraction of sp³-hybridized carbons (Fsp3) is 0.923. The van der Waals surface area contributed by atoms with Gasteiger partial charge in [0, 0.05) is 30.7 Å². The molecule has 4 heteroatoms. The van der Waals surface area contributed by atoms with E-state index in [1.807, 2.05) is 25.7 Å². The number of piperazine rings is 1. The van der Waals surface area contributed by atoms with Gasteiger partial charge in [0.05, 0.1) is 0 Å². The minimum absolute atomic E-state index is 0.0734. The lowest BCUT2D eigenvalue weighted by molar-refractivity contribution is 0.130. The Morgan fingerprint density at radius 1 is 1.35 bits per heavy atom. The van der Waals surface area contributed by atoms with Crippen LogP contribution in [0.5, 0.6) is 0 Å². The maximum atomic E-state index is 12.2. The summed E-state index contributed by atoms with van der Waals surface area (Å²) in [6.07, 6.45) is 2.07. The van der Waals surface area contributed by atoms with E-state index in [1.54, 1.807) is 0 Å². The summed E-state index contributed by atoms with van der Waals surface area (Å²) in [6.45, 7) is 12.1. The molecule has 1 heterocycles. The van der Waals surface area contributed by atoms with Gasteiger partial charge in [0.2, 0.25) is 0 Å². The number of hydrogen-bond acceptors (Lipinski definition) is 2. The summed E-state index contributed by atoms with van der Waals surface area (Å²) in [5.41, 5.74) is -0.165. The Morgan fingerprint density at radius 3 is 2.47 bits per heavy atom. The number of urea groups is 1. The van der Waals surface area contributed by atoms with Gasteiger partial charge in [0.15, 0.2) is 0 Å². The molecule has 2 unspecified atom stereocenters. The molecular formula is C13H27N3O. The van der Waals surface area contributed by atoms with Crippen molar-refractivity contribution in [2.75, 3.05) is 13.1 Å². The van der Waals surface area contributed by atoms with Gasteiger partial charge < -0.3 is 15.5 Å². The fourth-order valence-corrected chi connectivity index (χ4v) is 2.14. The second kappa shape index (κ2) is 5.71. The SMILES string of the molecule is CCC1CN(C(=O)NC(C)(C)C)C(CC)CN1. The van der Waals surface area contributed by atoms with Crippen molar-refractivity contribution in [1.82, 2.24) is 15.5 Å². The minimum Gasteiger partial charge on any atom is -0.333 e. The highest BCUT2D eigenvalue weighted by atomic mass is 16.2. The molecule has 0 aliphatic carbocycles. The first-order valence-electron chi connectivity index (χ1n) is 6.69. The minimum atomic E-state index is -0.165. The summed E-state index contributed by atoms with van der Waals surface area (Å²) in [5, 5.41) is 6.55. The molecule has 1 aliphatic rings. The molecule has 2 atom stereocenters. The van der Waals surface area contributed by atoms with Crippen LogP contribution in [0.1, 0.15) is 47.5 Å². The second-order valence-corrected chi connectivity index (χ2v) is 5.91. The Hall–Kier alpha value is -0.770. The van der Waals surface area contributed by atoms with Crippen molar-refractivity contribution in [2.45, 2.75) is 65.1 Å². The number of nitrogens with zero attached hydrogens (tertiary/aromatic N) is 1. The van der Waals surface area contributed by atoms with E-state index in [1.165, 1.54) is 0 Å². The molecule has 0 aromatic heterocycles. The van der Waals surface area contributed by atoms with E-state index in [0.29, 0.717) is 12.1 Å². The Labute approximate surface area is 105 Å². The molecule has 0 spiro atoms.